The Bertz CT molecular complexity index is 764. The van der Waals surface area contributed by atoms with Gasteiger partial charge in [-0.1, -0.05) is 11.6 Å². The van der Waals surface area contributed by atoms with Gasteiger partial charge < -0.3 is 15.2 Å². The summed E-state index contributed by atoms with van der Waals surface area (Å²) in [4.78, 5) is 22.3. The fourth-order valence-corrected chi connectivity index (χ4v) is 2.08. The molecule has 0 saturated carbocycles. The van der Waals surface area contributed by atoms with Gasteiger partial charge in [-0.05, 0) is 31.2 Å². The molecule has 1 amide bonds. The number of nitro benzene ring substituents is 1. The van der Waals surface area contributed by atoms with Gasteiger partial charge in [-0.15, -0.1) is 0 Å². The molecule has 23 heavy (non-hydrogen) atoms. The third kappa shape index (κ3) is 3.89. The maximum atomic E-state index is 12.2. The highest BCUT2D eigenvalue weighted by atomic mass is 35.5. The summed E-state index contributed by atoms with van der Waals surface area (Å²) in [6.07, 6.45) is 0. The standard InChI is InChI=1S/C15H13ClN2O5/c1-2-23-14-6-3-9(7-11(14)16)15(20)17-12-8-10(18(21)22)4-5-13(12)19/h3-8,19H,2H2,1H3,(H,17,20). The minimum atomic E-state index is -0.622. The lowest BCUT2D eigenvalue weighted by Gasteiger charge is -2.09. The van der Waals surface area contributed by atoms with Gasteiger partial charge >= 0.3 is 0 Å². The number of hydrogen-bond donors (Lipinski definition) is 2. The number of nitro groups is 1. The van der Waals surface area contributed by atoms with Crippen LogP contribution in [0.15, 0.2) is 36.4 Å². The highest BCUT2D eigenvalue weighted by molar-refractivity contribution is 6.32. The number of benzene rings is 2. The van der Waals surface area contributed by atoms with Crippen molar-refractivity contribution in [2.75, 3.05) is 11.9 Å². The zero-order valence-corrected chi connectivity index (χ0v) is 12.8. The van der Waals surface area contributed by atoms with Crippen LogP contribution >= 0.6 is 11.6 Å². The van der Waals surface area contributed by atoms with Gasteiger partial charge in [0, 0.05) is 17.7 Å². The molecule has 7 nitrogen and oxygen atoms in total. The fraction of sp³-hybridized carbons (Fsp3) is 0.133. The summed E-state index contributed by atoms with van der Waals surface area (Å²) in [5.74, 6) is -0.393. The molecule has 0 aliphatic heterocycles. The molecule has 0 unspecified atom stereocenters. The quantitative estimate of drug-likeness (QED) is 0.493. The van der Waals surface area contributed by atoms with Crippen LogP contribution in [0, 0.1) is 10.1 Å². The number of hydrogen-bond acceptors (Lipinski definition) is 5. The first kappa shape index (κ1) is 16.6. The number of aromatic hydroxyl groups is 1. The normalized spacial score (nSPS) is 10.2. The van der Waals surface area contributed by atoms with Crippen molar-refractivity contribution in [3.8, 4) is 11.5 Å². The van der Waals surface area contributed by atoms with Gasteiger partial charge in [0.15, 0.2) is 0 Å². The Balaban J connectivity index is 2.24. The summed E-state index contributed by atoms with van der Waals surface area (Å²) < 4.78 is 5.27. The third-order valence-electron chi connectivity index (χ3n) is 2.93. The van der Waals surface area contributed by atoms with Crippen molar-refractivity contribution in [1.29, 1.82) is 0 Å². The van der Waals surface area contributed by atoms with Crippen LogP contribution in [0.4, 0.5) is 11.4 Å². The van der Waals surface area contributed by atoms with Crippen molar-refractivity contribution < 1.29 is 19.6 Å². The van der Waals surface area contributed by atoms with E-state index in [-0.39, 0.29) is 27.7 Å². The number of rotatable bonds is 5. The molecular formula is C15H13ClN2O5. The molecule has 120 valence electrons. The van der Waals surface area contributed by atoms with Crippen LogP contribution < -0.4 is 10.1 Å². The maximum Gasteiger partial charge on any atom is 0.271 e. The molecule has 0 spiro atoms. The summed E-state index contributed by atoms with van der Waals surface area (Å²) in [6, 6.07) is 7.81. The second kappa shape index (κ2) is 6.97. The number of non-ortho nitro benzene ring substituents is 1. The fourth-order valence-electron chi connectivity index (χ4n) is 1.85. The van der Waals surface area contributed by atoms with Gasteiger partial charge in [-0.3, -0.25) is 14.9 Å². The number of ether oxygens (including phenoxy) is 1. The van der Waals surface area contributed by atoms with Crippen LogP contribution in [-0.2, 0) is 0 Å². The molecular weight excluding hydrogens is 324 g/mol. The van der Waals surface area contributed by atoms with E-state index in [2.05, 4.69) is 5.32 Å². The van der Waals surface area contributed by atoms with Crippen molar-refractivity contribution in [3.05, 3.63) is 57.1 Å². The molecule has 2 N–H and O–H groups in total. The first-order valence-corrected chi connectivity index (χ1v) is 7.01. The van der Waals surface area contributed by atoms with E-state index in [9.17, 15) is 20.0 Å². The molecule has 2 aromatic rings. The maximum absolute atomic E-state index is 12.2. The topological polar surface area (TPSA) is 102 Å². The number of halogens is 1. The van der Waals surface area contributed by atoms with E-state index in [0.29, 0.717) is 12.4 Å². The van der Waals surface area contributed by atoms with Crippen molar-refractivity contribution in [2.45, 2.75) is 6.92 Å². The van der Waals surface area contributed by atoms with Gasteiger partial charge in [0.1, 0.15) is 11.5 Å². The van der Waals surface area contributed by atoms with Gasteiger partial charge in [-0.25, -0.2) is 0 Å². The van der Waals surface area contributed by atoms with Crippen LogP contribution in [0.3, 0.4) is 0 Å². The van der Waals surface area contributed by atoms with E-state index >= 15 is 0 Å². The Morgan fingerprint density at radius 3 is 2.70 bits per heavy atom. The molecule has 0 saturated heterocycles. The number of nitrogens with one attached hydrogen (secondary N) is 1. The minimum Gasteiger partial charge on any atom is -0.506 e. The lowest BCUT2D eigenvalue weighted by molar-refractivity contribution is -0.384. The Labute approximate surface area is 136 Å². The SMILES string of the molecule is CCOc1ccc(C(=O)Nc2cc([N+](=O)[O-])ccc2O)cc1Cl. The molecule has 0 heterocycles. The van der Waals surface area contributed by atoms with Crippen LogP contribution in [0.25, 0.3) is 0 Å². The van der Waals surface area contributed by atoms with E-state index in [1.807, 2.05) is 6.92 Å². The molecule has 0 aliphatic carbocycles. The molecule has 0 fully saturated rings. The van der Waals surface area contributed by atoms with Crippen LogP contribution in [-0.4, -0.2) is 22.5 Å². The van der Waals surface area contributed by atoms with E-state index in [1.54, 1.807) is 6.07 Å². The summed E-state index contributed by atoms with van der Waals surface area (Å²) in [5, 5.41) is 23.1. The van der Waals surface area contributed by atoms with Crippen molar-refractivity contribution in [2.24, 2.45) is 0 Å². The molecule has 0 atom stereocenters. The Morgan fingerprint density at radius 1 is 1.35 bits per heavy atom. The zero-order valence-electron chi connectivity index (χ0n) is 12.1. The number of phenolic OH excluding ortho intramolecular Hbond substituents is 1. The van der Waals surface area contributed by atoms with Crippen LogP contribution in [0.2, 0.25) is 5.02 Å². The molecule has 0 bridgehead atoms. The molecule has 2 aromatic carbocycles. The first-order valence-electron chi connectivity index (χ1n) is 6.63. The zero-order chi connectivity index (χ0) is 17.0. The second-order valence-electron chi connectivity index (χ2n) is 4.49. The minimum absolute atomic E-state index is 0.0609. The summed E-state index contributed by atoms with van der Waals surface area (Å²) in [7, 11) is 0. The lowest BCUT2D eigenvalue weighted by Crippen LogP contribution is -2.12. The molecule has 2 rings (SSSR count). The molecule has 0 aromatic heterocycles. The van der Waals surface area contributed by atoms with Crippen molar-refractivity contribution in [1.82, 2.24) is 0 Å². The summed E-state index contributed by atoms with van der Waals surface area (Å²) in [5.41, 5.74) is -0.0820. The van der Waals surface area contributed by atoms with Crippen LogP contribution in [0.1, 0.15) is 17.3 Å². The van der Waals surface area contributed by atoms with E-state index in [4.69, 9.17) is 16.3 Å². The largest absolute Gasteiger partial charge is 0.506 e. The number of nitrogens with zero attached hydrogens (tertiary/aromatic N) is 1. The lowest BCUT2D eigenvalue weighted by atomic mass is 10.2. The number of carbonyl (C=O) groups excluding carboxylic acids is 1. The monoisotopic (exact) mass is 336 g/mol. The van der Waals surface area contributed by atoms with Crippen molar-refractivity contribution >= 4 is 28.9 Å². The first-order chi connectivity index (χ1) is 10.9. The van der Waals surface area contributed by atoms with Gasteiger partial charge in [0.05, 0.1) is 22.2 Å². The third-order valence-corrected chi connectivity index (χ3v) is 3.23. The van der Waals surface area contributed by atoms with E-state index in [0.717, 1.165) is 18.2 Å². The highest BCUT2D eigenvalue weighted by Crippen LogP contribution is 2.29. The number of amides is 1. The van der Waals surface area contributed by atoms with Gasteiger partial charge in [0.2, 0.25) is 0 Å². The Morgan fingerprint density at radius 2 is 2.09 bits per heavy atom. The highest BCUT2D eigenvalue weighted by Gasteiger charge is 2.15. The van der Waals surface area contributed by atoms with E-state index < -0.39 is 10.8 Å². The predicted molar refractivity (Wildman–Crippen MR) is 85.3 cm³/mol. The number of phenols is 1. The average Bonchev–Trinajstić information content (AvgIpc) is 2.51. The van der Waals surface area contributed by atoms with Gasteiger partial charge in [-0.2, -0.15) is 0 Å². The van der Waals surface area contributed by atoms with Gasteiger partial charge in [0.25, 0.3) is 11.6 Å². The molecule has 8 heteroatoms. The Kier molecular flexibility index (Phi) is 5.02. The summed E-state index contributed by atoms with van der Waals surface area (Å²) in [6.45, 7) is 2.24. The van der Waals surface area contributed by atoms with Crippen LogP contribution in [0.5, 0.6) is 11.5 Å². The molecule has 0 aliphatic rings. The smallest absolute Gasteiger partial charge is 0.271 e. The molecule has 0 radical (unpaired) electrons. The number of carbonyl (C=O) groups is 1. The Hall–Kier alpha value is -2.80. The predicted octanol–water partition coefficient (Wildman–Crippen LogP) is 3.60. The van der Waals surface area contributed by atoms with E-state index in [1.165, 1.54) is 12.1 Å². The average molecular weight is 337 g/mol. The second-order valence-corrected chi connectivity index (χ2v) is 4.90. The number of anilines is 1. The summed E-state index contributed by atoms with van der Waals surface area (Å²) >= 11 is 6.01. The van der Waals surface area contributed by atoms with Crippen molar-refractivity contribution in [3.63, 3.8) is 0 Å².